The van der Waals surface area contributed by atoms with Crippen molar-refractivity contribution < 1.29 is 0 Å². The number of aromatic nitrogens is 3. The average Bonchev–Trinajstić information content (AvgIpc) is 2.44. The van der Waals surface area contributed by atoms with Crippen molar-refractivity contribution >= 4 is 39.4 Å². The first-order valence-corrected chi connectivity index (χ1v) is 7.48. The fourth-order valence-corrected chi connectivity index (χ4v) is 1.95. The number of nitrogens with zero attached hydrogens (tertiary/aromatic N) is 3. The van der Waals surface area contributed by atoms with Gasteiger partial charge in [-0.2, -0.15) is 15.0 Å². The van der Waals surface area contributed by atoms with E-state index in [0.29, 0.717) is 18.4 Å². The molecule has 2 aromatic rings. The third-order valence-electron chi connectivity index (χ3n) is 2.51. The molecular weight excluding hydrogens is 342 g/mol. The van der Waals surface area contributed by atoms with E-state index in [1.165, 1.54) is 0 Å². The molecule has 1 aromatic carbocycles. The molecule has 2 N–H and O–H groups in total. The first-order chi connectivity index (χ1) is 9.67. The summed E-state index contributed by atoms with van der Waals surface area (Å²) in [6, 6.07) is 8.03. The Hall–Kier alpha value is -1.40. The van der Waals surface area contributed by atoms with Crippen molar-refractivity contribution in [1.82, 2.24) is 15.0 Å². The summed E-state index contributed by atoms with van der Waals surface area (Å²) in [5.74, 6) is 0.955. The summed E-state index contributed by atoms with van der Waals surface area (Å²) >= 11 is 9.29. The van der Waals surface area contributed by atoms with Crippen molar-refractivity contribution in [2.45, 2.75) is 19.9 Å². The zero-order chi connectivity index (χ0) is 14.4. The number of nitrogens with one attached hydrogen (secondary N) is 2. The van der Waals surface area contributed by atoms with Crippen LogP contribution in [-0.4, -0.2) is 21.5 Å². The minimum atomic E-state index is 0.178. The maximum atomic E-state index is 5.88. The van der Waals surface area contributed by atoms with Crippen LogP contribution in [0.4, 0.5) is 11.9 Å². The van der Waals surface area contributed by atoms with Crippen molar-refractivity contribution in [1.29, 1.82) is 0 Å². The zero-order valence-corrected chi connectivity index (χ0v) is 13.4. The van der Waals surface area contributed by atoms with Crippen molar-refractivity contribution in [2.24, 2.45) is 0 Å². The lowest BCUT2D eigenvalue weighted by Gasteiger charge is -2.08. The lowest BCUT2D eigenvalue weighted by molar-refractivity contribution is 0.932. The molecule has 7 heteroatoms. The monoisotopic (exact) mass is 355 g/mol. The second kappa shape index (κ2) is 7.40. The topological polar surface area (TPSA) is 62.7 Å². The van der Waals surface area contributed by atoms with E-state index in [-0.39, 0.29) is 5.28 Å². The number of benzene rings is 1. The molecule has 1 aromatic heterocycles. The Morgan fingerprint density at radius 2 is 1.70 bits per heavy atom. The summed E-state index contributed by atoms with van der Waals surface area (Å²) in [7, 11) is 0. The van der Waals surface area contributed by atoms with E-state index in [0.717, 1.165) is 23.0 Å². The predicted molar refractivity (Wildman–Crippen MR) is 85.1 cm³/mol. The Morgan fingerprint density at radius 1 is 1.05 bits per heavy atom. The number of rotatable bonds is 6. The number of halogens is 2. The summed E-state index contributed by atoms with van der Waals surface area (Å²) in [5.41, 5.74) is 1.13. The lowest BCUT2D eigenvalue weighted by Crippen LogP contribution is -2.09. The standard InChI is InChI=1S/C13H15BrClN5/c1-2-7-16-12-18-11(15)19-13(20-12)17-8-9-3-5-10(14)6-4-9/h3-6H,2,7-8H2,1H3,(H2,16,17,18,19,20). The molecule has 0 fully saturated rings. The summed E-state index contributed by atoms with van der Waals surface area (Å²) in [6.07, 6.45) is 0.991. The van der Waals surface area contributed by atoms with Crippen LogP contribution < -0.4 is 10.6 Å². The van der Waals surface area contributed by atoms with E-state index >= 15 is 0 Å². The number of hydrogen-bond acceptors (Lipinski definition) is 5. The fourth-order valence-electron chi connectivity index (χ4n) is 1.53. The third-order valence-corrected chi connectivity index (χ3v) is 3.20. The zero-order valence-electron chi connectivity index (χ0n) is 11.0. The van der Waals surface area contributed by atoms with Gasteiger partial charge in [-0.25, -0.2) is 0 Å². The Labute approximate surface area is 131 Å². The fraction of sp³-hybridized carbons (Fsp3) is 0.308. The molecule has 0 radical (unpaired) electrons. The molecule has 0 aliphatic heterocycles. The van der Waals surface area contributed by atoms with E-state index in [4.69, 9.17) is 11.6 Å². The van der Waals surface area contributed by atoms with Gasteiger partial charge >= 0.3 is 0 Å². The molecule has 106 valence electrons. The van der Waals surface area contributed by atoms with E-state index in [1.54, 1.807) is 0 Å². The Kier molecular flexibility index (Phi) is 5.55. The highest BCUT2D eigenvalue weighted by atomic mass is 79.9. The summed E-state index contributed by atoms with van der Waals surface area (Å²) in [6.45, 7) is 3.50. The number of anilines is 2. The van der Waals surface area contributed by atoms with Crippen LogP contribution >= 0.6 is 27.5 Å². The van der Waals surface area contributed by atoms with E-state index < -0.39 is 0 Å². The molecule has 0 amide bonds. The van der Waals surface area contributed by atoms with E-state index in [9.17, 15) is 0 Å². The van der Waals surface area contributed by atoms with Crippen LogP contribution in [0.3, 0.4) is 0 Å². The van der Waals surface area contributed by atoms with Crippen LogP contribution in [0.15, 0.2) is 28.7 Å². The molecule has 5 nitrogen and oxygen atoms in total. The maximum absolute atomic E-state index is 5.88. The minimum Gasteiger partial charge on any atom is -0.354 e. The molecule has 20 heavy (non-hydrogen) atoms. The van der Waals surface area contributed by atoms with E-state index in [2.05, 4.69) is 48.4 Å². The summed E-state index contributed by atoms with van der Waals surface area (Å²) in [5, 5.41) is 6.40. The summed E-state index contributed by atoms with van der Waals surface area (Å²) < 4.78 is 1.05. The van der Waals surface area contributed by atoms with Crippen LogP contribution in [0.1, 0.15) is 18.9 Å². The second-order valence-corrected chi connectivity index (χ2v) is 5.41. The Balaban J connectivity index is 2.01. The van der Waals surface area contributed by atoms with Gasteiger partial charge in [-0.05, 0) is 35.7 Å². The largest absolute Gasteiger partial charge is 0.354 e. The Morgan fingerprint density at radius 3 is 2.35 bits per heavy atom. The van der Waals surface area contributed by atoms with Gasteiger partial charge in [0.15, 0.2) is 0 Å². The van der Waals surface area contributed by atoms with Crippen molar-refractivity contribution in [3.8, 4) is 0 Å². The highest BCUT2D eigenvalue weighted by Crippen LogP contribution is 2.13. The van der Waals surface area contributed by atoms with Crippen LogP contribution in [0.5, 0.6) is 0 Å². The van der Waals surface area contributed by atoms with Gasteiger partial charge in [-0.3, -0.25) is 0 Å². The SMILES string of the molecule is CCCNc1nc(Cl)nc(NCc2ccc(Br)cc2)n1. The molecule has 0 atom stereocenters. The van der Waals surface area contributed by atoms with Gasteiger partial charge in [-0.1, -0.05) is 35.0 Å². The molecular formula is C13H15BrClN5. The maximum Gasteiger partial charge on any atom is 0.229 e. The molecule has 0 aliphatic carbocycles. The van der Waals surface area contributed by atoms with Gasteiger partial charge in [0.05, 0.1) is 0 Å². The van der Waals surface area contributed by atoms with Gasteiger partial charge in [-0.15, -0.1) is 0 Å². The van der Waals surface area contributed by atoms with Gasteiger partial charge in [0, 0.05) is 17.6 Å². The molecule has 0 bridgehead atoms. The molecule has 0 aliphatic rings. The highest BCUT2D eigenvalue weighted by Gasteiger charge is 2.04. The molecule has 2 rings (SSSR count). The second-order valence-electron chi connectivity index (χ2n) is 4.16. The molecule has 0 spiro atoms. The van der Waals surface area contributed by atoms with Crippen LogP contribution in [0, 0.1) is 0 Å². The first-order valence-electron chi connectivity index (χ1n) is 6.31. The molecule has 1 heterocycles. The van der Waals surface area contributed by atoms with E-state index in [1.807, 2.05) is 24.3 Å². The van der Waals surface area contributed by atoms with Gasteiger partial charge in [0.25, 0.3) is 0 Å². The molecule has 0 saturated carbocycles. The minimum absolute atomic E-state index is 0.178. The Bertz CT molecular complexity index is 561. The normalized spacial score (nSPS) is 10.3. The van der Waals surface area contributed by atoms with Gasteiger partial charge in [0.2, 0.25) is 17.2 Å². The third kappa shape index (κ3) is 4.61. The highest BCUT2D eigenvalue weighted by molar-refractivity contribution is 9.10. The smallest absolute Gasteiger partial charge is 0.229 e. The predicted octanol–water partition coefficient (Wildman–Crippen LogP) is 3.72. The number of hydrogen-bond donors (Lipinski definition) is 2. The lowest BCUT2D eigenvalue weighted by atomic mass is 10.2. The quantitative estimate of drug-likeness (QED) is 0.826. The van der Waals surface area contributed by atoms with Crippen LogP contribution in [0.25, 0.3) is 0 Å². The molecule has 0 saturated heterocycles. The first kappa shape index (κ1) is 15.0. The van der Waals surface area contributed by atoms with Crippen molar-refractivity contribution in [3.05, 3.63) is 39.6 Å². The van der Waals surface area contributed by atoms with Crippen LogP contribution in [0.2, 0.25) is 5.28 Å². The van der Waals surface area contributed by atoms with Gasteiger partial charge < -0.3 is 10.6 Å². The van der Waals surface area contributed by atoms with Gasteiger partial charge in [0.1, 0.15) is 0 Å². The van der Waals surface area contributed by atoms with Crippen LogP contribution in [-0.2, 0) is 6.54 Å². The molecule has 0 unspecified atom stereocenters. The van der Waals surface area contributed by atoms with Crippen molar-refractivity contribution in [2.75, 3.05) is 17.2 Å². The van der Waals surface area contributed by atoms with Crippen molar-refractivity contribution in [3.63, 3.8) is 0 Å². The average molecular weight is 357 g/mol. The summed E-state index contributed by atoms with van der Waals surface area (Å²) in [4.78, 5) is 12.3.